The van der Waals surface area contributed by atoms with Crippen LogP contribution in [-0.4, -0.2) is 22.0 Å². The monoisotopic (exact) mass is 276 g/mol. The van der Waals surface area contributed by atoms with Gasteiger partial charge >= 0.3 is 5.97 Å². The maximum absolute atomic E-state index is 12.1. The topological polar surface area (TPSA) is 79.3 Å². The van der Waals surface area contributed by atoms with Gasteiger partial charge in [0.1, 0.15) is 0 Å². The Balaban J connectivity index is 1.97. The highest BCUT2D eigenvalue weighted by Crippen LogP contribution is 2.32. The van der Waals surface area contributed by atoms with E-state index in [1.54, 1.807) is 6.20 Å². The van der Waals surface area contributed by atoms with Gasteiger partial charge in [0.05, 0.1) is 24.1 Å². The molecular formula is C15H20N2O3. The minimum Gasteiger partial charge on any atom is -0.481 e. The van der Waals surface area contributed by atoms with E-state index in [0.29, 0.717) is 19.4 Å². The van der Waals surface area contributed by atoms with Crippen LogP contribution in [0, 0.1) is 11.8 Å². The quantitative estimate of drug-likeness (QED) is 0.859. The number of hydrogen-bond acceptors (Lipinski definition) is 3. The van der Waals surface area contributed by atoms with Crippen molar-refractivity contribution in [2.45, 2.75) is 39.2 Å². The van der Waals surface area contributed by atoms with Gasteiger partial charge in [-0.3, -0.25) is 14.6 Å². The molecule has 0 spiro atoms. The predicted molar refractivity (Wildman–Crippen MR) is 73.9 cm³/mol. The van der Waals surface area contributed by atoms with Gasteiger partial charge in [0.2, 0.25) is 5.91 Å². The molecule has 1 heterocycles. The smallest absolute Gasteiger partial charge is 0.307 e. The minimum absolute atomic E-state index is 0.164. The number of carbonyl (C=O) groups excluding carboxylic acids is 1. The molecule has 5 heteroatoms. The van der Waals surface area contributed by atoms with Gasteiger partial charge in [0, 0.05) is 6.20 Å². The molecule has 2 rings (SSSR count). The second-order valence-electron chi connectivity index (χ2n) is 5.16. The molecule has 1 fully saturated rings. The van der Waals surface area contributed by atoms with Crippen molar-refractivity contribution in [2.75, 3.05) is 0 Å². The van der Waals surface area contributed by atoms with Crippen LogP contribution in [0.4, 0.5) is 0 Å². The van der Waals surface area contributed by atoms with E-state index in [1.165, 1.54) is 0 Å². The van der Waals surface area contributed by atoms with Gasteiger partial charge in [-0.15, -0.1) is 0 Å². The molecule has 1 amide bonds. The Kier molecular flexibility index (Phi) is 4.71. The van der Waals surface area contributed by atoms with Gasteiger partial charge < -0.3 is 10.4 Å². The normalized spacial score (nSPS) is 21.6. The zero-order chi connectivity index (χ0) is 14.5. The summed E-state index contributed by atoms with van der Waals surface area (Å²) in [5.41, 5.74) is 1.96. The van der Waals surface area contributed by atoms with Crippen LogP contribution < -0.4 is 5.32 Å². The van der Waals surface area contributed by atoms with Crippen molar-refractivity contribution in [3.8, 4) is 0 Å². The van der Waals surface area contributed by atoms with Crippen LogP contribution in [0.3, 0.4) is 0 Å². The summed E-state index contributed by atoms with van der Waals surface area (Å²) in [6.45, 7) is 2.41. The van der Waals surface area contributed by atoms with E-state index < -0.39 is 17.8 Å². The highest BCUT2D eigenvalue weighted by molar-refractivity contribution is 5.85. The maximum Gasteiger partial charge on any atom is 0.307 e. The third-order valence-corrected chi connectivity index (χ3v) is 3.97. The van der Waals surface area contributed by atoms with E-state index in [1.807, 2.05) is 19.1 Å². The molecule has 1 aliphatic carbocycles. The first-order chi connectivity index (χ1) is 9.63. The molecule has 1 aromatic rings. The summed E-state index contributed by atoms with van der Waals surface area (Å²) in [5, 5.41) is 11.9. The third-order valence-electron chi connectivity index (χ3n) is 3.97. The molecule has 5 nitrogen and oxygen atoms in total. The van der Waals surface area contributed by atoms with E-state index in [0.717, 1.165) is 24.1 Å². The molecule has 0 aliphatic heterocycles. The molecule has 2 N–H and O–H groups in total. The number of hydrogen-bond donors (Lipinski definition) is 2. The molecule has 0 radical (unpaired) electrons. The van der Waals surface area contributed by atoms with E-state index in [-0.39, 0.29) is 5.91 Å². The van der Waals surface area contributed by atoms with Crippen molar-refractivity contribution < 1.29 is 14.7 Å². The molecule has 20 heavy (non-hydrogen) atoms. The fraction of sp³-hybridized carbons (Fsp3) is 0.533. The lowest BCUT2D eigenvalue weighted by Gasteiger charge is -2.16. The minimum atomic E-state index is -0.866. The van der Waals surface area contributed by atoms with Crippen LogP contribution in [0.2, 0.25) is 0 Å². The first kappa shape index (κ1) is 14.5. The van der Waals surface area contributed by atoms with Gasteiger partial charge in [-0.1, -0.05) is 19.4 Å². The summed E-state index contributed by atoms with van der Waals surface area (Å²) in [6.07, 6.45) is 4.62. The number of nitrogens with one attached hydrogen (secondary N) is 1. The van der Waals surface area contributed by atoms with Crippen LogP contribution in [0.15, 0.2) is 18.3 Å². The van der Waals surface area contributed by atoms with E-state index in [2.05, 4.69) is 10.3 Å². The molecule has 1 aliphatic rings. The van der Waals surface area contributed by atoms with Gasteiger partial charge in [-0.05, 0) is 30.9 Å². The van der Waals surface area contributed by atoms with Crippen molar-refractivity contribution in [1.29, 1.82) is 0 Å². The van der Waals surface area contributed by atoms with Crippen molar-refractivity contribution in [3.05, 3.63) is 29.6 Å². The molecule has 1 aromatic heterocycles. The van der Waals surface area contributed by atoms with Crippen molar-refractivity contribution in [2.24, 2.45) is 11.8 Å². The molecule has 0 bridgehead atoms. The Morgan fingerprint density at radius 2 is 2.15 bits per heavy atom. The van der Waals surface area contributed by atoms with E-state index >= 15 is 0 Å². The zero-order valence-corrected chi connectivity index (χ0v) is 11.6. The maximum atomic E-state index is 12.1. The van der Waals surface area contributed by atoms with Crippen LogP contribution in [0.5, 0.6) is 0 Å². The molecule has 0 aromatic carbocycles. The third kappa shape index (κ3) is 3.15. The van der Waals surface area contributed by atoms with Crippen molar-refractivity contribution >= 4 is 11.9 Å². The fourth-order valence-electron chi connectivity index (χ4n) is 2.82. The number of aryl methyl sites for hydroxylation is 1. The Morgan fingerprint density at radius 1 is 1.40 bits per heavy atom. The largest absolute Gasteiger partial charge is 0.481 e. The standard InChI is InChI=1S/C15H20N2O3/c1-2-10-5-4-8-16-13(10)9-17-14(18)11-6-3-7-12(11)15(19)20/h4-5,8,11-12H,2-3,6-7,9H2,1H3,(H,17,18)(H,19,20)/t11-,12+/m1/s1. The lowest BCUT2D eigenvalue weighted by molar-refractivity contribution is -0.146. The average molecular weight is 276 g/mol. The molecule has 0 unspecified atom stereocenters. The number of aromatic nitrogens is 1. The van der Waals surface area contributed by atoms with Crippen LogP contribution >= 0.6 is 0 Å². The highest BCUT2D eigenvalue weighted by Gasteiger charge is 2.37. The average Bonchev–Trinajstić information content (AvgIpc) is 2.94. The summed E-state index contributed by atoms with van der Waals surface area (Å²) in [4.78, 5) is 27.5. The molecule has 2 atom stereocenters. The van der Waals surface area contributed by atoms with E-state index in [9.17, 15) is 9.59 Å². The van der Waals surface area contributed by atoms with Gasteiger partial charge in [-0.25, -0.2) is 0 Å². The summed E-state index contributed by atoms with van der Waals surface area (Å²) < 4.78 is 0. The Hall–Kier alpha value is -1.91. The first-order valence-electron chi connectivity index (χ1n) is 7.06. The predicted octanol–water partition coefficient (Wildman–Crippen LogP) is 1.76. The molecule has 1 saturated carbocycles. The summed E-state index contributed by atoms with van der Waals surface area (Å²) >= 11 is 0. The zero-order valence-electron chi connectivity index (χ0n) is 11.6. The number of rotatable bonds is 5. The number of pyridine rings is 1. The summed E-state index contributed by atoms with van der Waals surface area (Å²) in [7, 11) is 0. The number of amides is 1. The first-order valence-corrected chi connectivity index (χ1v) is 7.06. The number of carboxylic acid groups (broad SMARTS) is 1. The number of aliphatic carboxylic acids is 1. The Bertz CT molecular complexity index is 502. The lowest BCUT2D eigenvalue weighted by Crippen LogP contribution is -2.35. The second-order valence-corrected chi connectivity index (χ2v) is 5.16. The number of carbonyl (C=O) groups is 2. The van der Waals surface area contributed by atoms with Crippen LogP contribution in [0.1, 0.15) is 37.4 Å². The Labute approximate surface area is 118 Å². The Morgan fingerprint density at radius 3 is 2.85 bits per heavy atom. The van der Waals surface area contributed by atoms with E-state index in [4.69, 9.17) is 5.11 Å². The second kappa shape index (κ2) is 6.50. The van der Waals surface area contributed by atoms with Gasteiger partial charge in [0.15, 0.2) is 0 Å². The van der Waals surface area contributed by atoms with Crippen molar-refractivity contribution in [3.63, 3.8) is 0 Å². The summed E-state index contributed by atoms with van der Waals surface area (Å²) in [5.74, 6) is -1.97. The number of nitrogens with zero attached hydrogens (tertiary/aromatic N) is 1. The SMILES string of the molecule is CCc1cccnc1CNC(=O)[C@@H]1CCC[C@@H]1C(=O)O. The lowest BCUT2D eigenvalue weighted by atomic mass is 9.95. The van der Waals surface area contributed by atoms with Gasteiger partial charge in [-0.2, -0.15) is 0 Å². The van der Waals surface area contributed by atoms with Gasteiger partial charge in [0.25, 0.3) is 0 Å². The molecule has 108 valence electrons. The fourth-order valence-corrected chi connectivity index (χ4v) is 2.82. The number of carboxylic acids is 1. The summed E-state index contributed by atoms with van der Waals surface area (Å²) in [6, 6.07) is 3.87. The molecular weight excluding hydrogens is 256 g/mol. The highest BCUT2D eigenvalue weighted by atomic mass is 16.4. The van der Waals surface area contributed by atoms with Crippen LogP contribution in [-0.2, 0) is 22.6 Å². The molecule has 0 saturated heterocycles. The van der Waals surface area contributed by atoms with Crippen LogP contribution in [0.25, 0.3) is 0 Å². The van der Waals surface area contributed by atoms with Crippen molar-refractivity contribution in [1.82, 2.24) is 10.3 Å².